The topological polar surface area (TPSA) is 17.1 Å². The molecule has 0 amide bonds. The Morgan fingerprint density at radius 2 is 1.77 bits per heavy atom. The van der Waals surface area contributed by atoms with E-state index in [-0.39, 0.29) is 5.78 Å². The Bertz CT molecular complexity index is 313. The second-order valence-corrected chi connectivity index (χ2v) is 7.40. The molecule has 1 aromatic carbocycles. The normalized spacial score (nSPS) is 11.4. The van der Waals surface area contributed by atoms with Crippen LogP contribution in [0.25, 0.3) is 0 Å². The van der Waals surface area contributed by atoms with Crippen molar-refractivity contribution < 1.29 is 4.79 Å². The van der Waals surface area contributed by atoms with Crippen molar-refractivity contribution in [1.29, 1.82) is 0 Å². The number of alkyl halides is 2. The Morgan fingerprint density at radius 3 is 2.15 bits per heavy atom. The molecular formula is C9H7Br2ClO. The molecule has 1 rings (SSSR count). The monoisotopic (exact) mass is 324 g/mol. The Kier molecular flexibility index (Phi) is 3.55. The van der Waals surface area contributed by atoms with Crippen LogP contribution in [0.15, 0.2) is 24.3 Å². The van der Waals surface area contributed by atoms with Gasteiger partial charge in [0.15, 0.2) is 5.78 Å². The maximum atomic E-state index is 11.6. The zero-order chi connectivity index (χ0) is 10.1. The molecule has 1 nitrogen and oxygen atoms in total. The molecule has 0 aromatic heterocycles. The van der Waals surface area contributed by atoms with Gasteiger partial charge in [0.05, 0.1) is 0 Å². The minimum Gasteiger partial charge on any atom is -0.292 e. The van der Waals surface area contributed by atoms with Gasteiger partial charge < -0.3 is 0 Å². The van der Waals surface area contributed by atoms with Crippen LogP contribution in [0, 0.1) is 0 Å². The van der Waals surface area contributed by atoms with Gasteiger partial charge in [-0.2, -0.15) is 0 Å². The SMILES string of the molecule is CC(Br)(Br)C(=O)c1ccc(Cl)cc1. The van der Waals surface area contributed by atoms with E-state index in [9.17, 15) is 4.79 Å². The highest BCUT2D eigenvalue weighted by Crippen LogP contribution is 2.29. The number of ketones is 1. The quantitative estimate of drug-likeness (QED) is 0.592. The molecule has 4 heteroatoms. The van der Waals surface area contributed by atoms with Gasteiger partial charge in [0, 0.05) is 10.6 Å². The molecule has 70 valence electrons. The molecule has 0 N–H and O–H groups in total. The Labute approximate surface area is 98.7 Å². The molecule has 0 radical (unpaired) electrons. The van der Waals surface area contributed by atoms with E-state index in [1.54, 1.807) is 31.2 Å². The average molecular weight is 326 g/mol. The molecule has 0 aliphatic rings. The van der Waals surface area contributed by atoms with E-state index in [0.717, 1.165) is 0 Å². The summed E-state index contributed by atoms with van der Waals surface area (Å²) in [4.78, 5) is 11.6. The lowest BCUT2D eigenvalue weighted by Crippen LogP contribution is -2.20. The molecule has 0 aliphatic heterocycles. The van der Waals surface area contributed by atoms with Gasteiger partial charge in [-0.05, 0) is 31.2 Å². The van der Waals surface area contributed by atoms with Crippen LogP contribution in [0.3, 0.4) is 0 Å². The van der Waals surface area contributed by atoms with E-state index in [4.69, 9.17) is 11.6 Å². The summed E-state index contributed by atoms with van der Waals surface area (Å²) in [5.74, 6) is -0.0239. The number of hydrogen-bond acceptors (Lipinski definition) is 1. The van der Waals surface area contributed by atoms with Crippen molar-refractivity contribution in [3.63, 3.8) is 0 Å². The molecule has 0 unspecified atom stereocenters. The summed E-state index contributed by atoms with van der Waals surface area (Å²) in [5, 5.41) is 0.627. The van der Waals surface area contributed by atoms with Gasteiger partial charge >= 0.3 is 0 Å². The second-order valence-electron chi connectivity index (χ2n) is 2.72. The zero-order valence-electron chi connectivity index (χ0n) is 6.85. The number of halogens is 3. The Morgan fingerprint density at radius 1 is 1.31 bits per heavy atom. The lowest BCUT2D eigenvalue weighted by molar-refractivity contribution is 0.0988. The Balaban J connectivity index is 2.97. The largest absolute Gasteiger partial charge is 0.292 e. The smallest absolute Gasteiger partial charge is 0.189 e. The number of carbonyl (C=O) groups excluding carboxylic acids is 1. The standard InChI is InChI=1S/C9H7Br2ClO/c1-9(10,11)8(13)6-2-4-7(12)5-3-6/h2-5H,1H3. The van der Waals surface area contributed by atoms with Gasteiger partial charge in [-0.15, -0.1) is 0 Å². The fourth-order valence-electron chi connectivity index (χ4n) is 0.855. The van der Waals surface area contributed by atoms with Gasteiger partial charge in [0.2, 0.25) is 0 Å². The molecule has 1 aromatic rings. The van der Waals surface area contributed by atoms with Crippen LogP contribution in [-0.2, 0) is 0 Å². The first-order valence-corrected chi connectivity index (χ1v) is 5.56. The van der Waals surface area contributed by atoms with Crippen molar-refractivity contribution in [1.82, 2.24) is 0 Å². The molecule has 0 spiro atoms. The van der Waals surface area contributed by atoms with Crippen molar-refractivity contribution >= 4 is 49.2 Å². The number of carbonyl (C=O) groups is 1. The molecule has 0 saturated heterocycles. The Hall–Kier alpha value is 0.140. The van der Waals surface area contributed by atoms with Crippen LogP contribution in [-0.4, -0.2) is 9.02 Å². The van der Waals surface area contributed by atoms with Crippen LogP contribution < -0.4 is 0 Å². The molecule has 0 saturated carbocycles. The van der Waals surface area contributed by atoms with Gasteiger partial charge in [0.25, 0.3) is 0 Å². The summed E-state index contributed by atoms with van der Waals surface area (Å²) < 4.78 is -0.701. The summed E-state index contributed by atoms with van der Waals surface area (Å²) in [6.07, 6.45) is 0. The summed E-state index contributed by atoms with van der Waals surface area (Å²) in [6.45, 7) is 1.74. The van der Waals surface area contributed by atoms with Crippen molar-refractivity contribution in [2.45, 2.75) is 10.2 Å². The number of hydrogen-bond donors (Lipinski definition) is 0. The van der Waals surface area contributed by atoms with E-state index in [0.29, 0.717) is 10.6 Å². The predicted octanol–water partition coefficient (Wildman–Crippen LogP) is 4.03. The first-order valence-electron chi connectivity index (χ1n) is 3.59. The third kappa shape index (κ3) is 3.08. The zero-order valence-corrected chi connectivity index (χ0v) is 10.8. The predicted molar refractivity (Wildman–Crippen MR) is 62.0 cm³/mol. The van der Waals surface area contributed by atoms with Gasteiger partial charge in [-0.1, -0.05) is 43.5 Å². The highest BCUT2D eigenvalue weighted by Gasteiger charge is 2.26. The van der Waals surface area contributed by atoms with Crippen molar-refractivity contribution in [2.24, 2.45) is 0 Å². The van der Waals surface area contributed by atoms with Crippen LogP contribution in [0.4, 0.5) is 0 Å². The van der Waals surface area contributed by atoms with Gasteiger partial charge in [-0.3, -0.25) is 4.79 Å². The molecule has 0 bridgehead atoms. The van der Waals surface area contributed by atoms with Crippen LogP contribution in [0.1, 0.15) is 17.3 Å². The minimum absolute atomic E-state index is 0.0239. The fraction of sp³-hybridized carbons (Fsp3) is 0.222. The van der Waals surface area contributed by atoms with E-state index < -0.39 is 3.23 Å². The van der Waals surface area contributed by atoms with E-state index >= 15 is 0 Å². The number of rotatable bonds is 2. The molecule has 0 atom stereocenters. The van der Waals surface area contributed by atoms with Crippen molar-refractivity contribution in [3.8, 4) is 0 Å². The van der Waals surface area contributed by atoms with Gasteiger partial charge in [-0.25, -0.2) is 0 Å². The van der Waals surface area contributed by atoms with Crippen LogP contribution in [0.5, 0.6) is 0 Å². The lowest BCUT2D eigenvalue weighted by atomic mass is 10.1. The maximum Gasteiger partial charge on any atom is 0.189 e. The van der Waals surface area contributed by atoms with Crippen molar-refractivity contribution in [2.75, 3.05) is 0 Å². The summed E-state index contributed by atoms with van der Waals surface area (Å²) in [6, 6.07) is 6.79. The minimum atomic E-state index is -0.701. The maximum absolute atomic E-state index is 11.6. The second kappa shape index (κ2) is 4.11. The summed E-state index contributed by atoms with van der Waals surface area (Å²) >= 11 is 12.2. The third-order valence-corrected chi connectivity index (χ3v) is 2.48. The molecule has 0 aliphatic carbocycles. The van der Waals surface area contributed by atoms with Gasteiger partial charge in [0.1, 0.15) is 3.23 Å². The molecular weight excluding hydrogens is 319 g/mol. The molecule has 0 heterocycles. The van der Waals surface area contributed by atoms with Crippen LogP contribution >= 0.6 is 43.5 Å². The molecule has 0 fully saturated rings. The van der Waals surface area contributed by atoms with Crippen molar-refractivity contribution in [3.05, 3.63) is 34.9 Å². The fourth-order valence-corrected chi connectivity index (χ4v) is 1.44. The third-order valence-electron chi connectivity index (χ3n) is 1.51. The number of benzene rings is 1. The highest BCUT2D eigenvalue weighted by atomic mass is 79.9. The summed E-state index contributed by atoms with van der Waals surface area (Å²) in [5.41, 5.74) is 0.626. The molecule has 13 heavy (non-hydrogen) atoms. The van der Waals surface area contributed by atoms with E-state index in [2.05, 4.69) is 31.9 Å². The van der Waals surface area contributed by atoms with Crippen LogP contribution in [0.2, 0.25) is 5.02 Å². The lowest BCUT2D eigenvalue weighted by Gasteiger charge is -2.12. The highest BCUT2D eigenvalue weighted by molar-refractivity contribution is 9.25. The first-order chi connectivity index (χ1) is 5.91. The number of Topliss-reactive ketones (excluding diaryl/α,β-unsaturated/α-hetero) is 1. The first kappa shape index (κ1) is 11.2. The van der Waals surface area contributed by atoms with E-state index in [1.807, 2.05) is 0 Å². The van der Waals surface area contributed by atoms with E-state index in [1.165, 1.54) is 0 Å². The average Bonchev–Trinajstić information content (AvgIpc) is 2.03. The summed E-state index contributed by atoms with van der Waals surface area (Å²) in [7, 11) is 0.